The van der Waals surface area contributed by atoms with Crippen LogP contribution in [0.4, 0.5) is 0 Å². The molecule has 120 valence electrons. The van der Waals surface area contributed by atoms with Crippen molar-refractivity contribution in [1.82, 2.24) is 4.90 Å². The molecule has 1 unspecified atom stereocenters. The molecule has 0 spiro atoms. The number of hydrogen-bond donors (Lipinski definition) is 1. The molecule has 0 aliphatic carbocycles. The van der Waals surface area contributed by atoms with Crippen molar-refractivity contribution >= 4 is 11.9 Å². The first-order valence-corrected chi connectivity index (χ1v) is 7.99. The maximum atomic E-state index is 12.2. The van der Waals surface area contributed by atoms with Crippen LogP contribution in [0.2, 0.25) is 0 Å². The number of carbonyl (C=O) groups excluding carboxylic acids is 1. The van der Waals surface area contributed by atoms with Crippen LogP contribution in [0, 0.1) is 20.8 Å². The summed E-state index contributed by atoms with van der Waals surface area (Å²) in [6, 6.07) is 3.73. The molecular weight excluding hydrogens is 278 g/mol. The van der Waals surface area contributed by atoms with E-state index in [2.05, 4.69) is 32.9 Å². The highest BCUT2D eigenvalue weighted by Gasteiger charge is 2.33. The van der Waals surface area contributed by atoms with E-state index < -0.39 is 12.0 Å². The fraction of sp³-hybridized carbons (Fsp3) is 0.556. The van der Waals surface area contributed by atoms with E-state index in [0.29, 0.717) is 19.4 Å². The van der Waals surface area contributed by atoms with E-state index in [1.165, 1.54) is 27.2 Å². The summed E-state index contributed by atoms with van der Waals surface area (Å²) in [4.78, 5) is 24.9. The topological polar surface area (TPSA) is 57.6 Å². The molecule has 2 rings (SSSR count). The Morgan fingerprint density at radius 1 is 1.23 bits per heavy atom. The lowest BCUT2D eigenvalue weighted by atomic mass is 9.95. The molecule has 4 nitrogen and oxygen atoms in total. The van der Waals surface area contributed by atoms with Crippen molar-refractivity contribution in [2.24, 2.45) is 0 Å². The van der Waals surface area contributed by atoms with Crippen molar-refractivity contribution < 1.29 is 14.7 Å². The van der Waals surface area contributed by atoms with Gasteiger partial charge >= 0.3 is 5.97 Å². The lowest BCUT2D eigenvalue weighted by molar-refractivity contribution is -0.148. The summed E-state index contributed by atoms with van der Waals surface area (Å²) in [6.45, 7) is 6.89. The van der Waals surface area contributed by atoms with Crippen LogP contribution in [0.1, 0.15) is 47.9 Å². The minimum Gasteiger partial charge on any atom is -0.480 e. The standard InChI is InChI=1S/C18H25NO3/c1-12-10-13(2)15(14(3)11-12)6-4-8-17(20)19-9-5-7-16(19)18(21)22/h10-11,16H,4-9H2,1-3H3,(H,21,22). The number of benzene rings is 1. The third-order valence-electron chi connectivity index (χ3n) is 4.52. The average molecular weight is 303 g/mol. The van der Waals surface area contributed by atoms with Gasteiger partial charge in [-0.15, -0.1) is 0 Å². The van der Waals surface area contributed by atoms with E-state index in [9.17, 15) is 9.59 Å². The molecule has 1 amide bonds. The average Bonchev–Trinajstić information content (AvgIpc) is 2.91. The Bertz CT molecular complexity index is 557. The predicted molar refractivity (Wildman–Crippen MR) is 86.0 cm³/mol. The van der Waals surface area contributed by atoms with Gasteiger partial charge in [0.25, 0.3) is 0 Å². The smallest absolute Gasteiger partial charge is 0.326 e. The van der Waals surface area contributed by atoms with Gasteiger partial charge in [0.2, 0.25) is 5.91 Å². The number of amides is 1. The van der Waals surface area contributed by atoms with Crippen LogP contribution in [0.5, 0.6) is 0 Å². The predicted octanol–water partition coefficient (Wildman–Crippen LogP) is 3.01. The highest BCUT2D eigenvalue weighted by Crippen LogP contribution is 2.21. The molecule has 1 aliphatic heterocycles. The van der Waals surface area contributed by atoms with Gasteiger partial charge in [-0.05, 0) is 63.1 Å². The fourth-order valence-electron chi connectivity index (χ4n) is 3.49. The van der Waals surface area contributed by atoms with E-state index >= 15 is 0 Å². The van der Waals surface area contributed by atoms with Crippen molar-refractivity contribution in [3.63, 3.8) is 0 Å². The summed E-state index contributed by atoms with van der Waals surface area (Å²) < 4.78 is 0. The fourth-order valence-corrected chi connectivity index (χ4v) is 3.49. The molecule has 1 atom stereocenters. The third kappa shape index (κ3) is 3.67. The summed E-state index contributed by atoms with van der Waals surface area (Å²) in [7, 11) is 0. The van der Waals surface area contributed by atoms with Crippen molar-refractivity contribution in [2.45, 2.75) is 58.9 Å². The Kier molecular flexibility index (Phi) is 5.22. The molecule has 1 fully saturated rings. The Hall–Kier alpha value is -1.84. The molecule has 0 radical (unpaired) electrons. The second-order valence-corrected chi connectivity index (χ2v) is 6.31. The molecule has 0 bridgehead atoms. The van der Waals surface area contributed by atoms with Gasteiger partial charge in [-0.25, -0.2) is 4.79 Å². The van der Waals surface area contributed by atoms with Crippen molar-refractivity contribution in [3.05, 3.63) is 34.4 Å². The zero-order chi connectivity index (χ0) is 16.3. The van der Waals surface area contributed by atoms with Gasteiger partial charge in [0, 0.05) is 13.0 Å². The molecule has 4 heteroatoms. The maximum absolute atomic E-state index is 12.2. The first-order valence-electron chi connectivity index (χ1n) is 7.99. The van der Waals surface area contributed by atoms with Gasteiger partial charge in [0.15, 0.2) is 0 Å². The number of likely N-dealkylation sites (tertiary alicyclic amines) is 1. The Morgan fingerprint density at radius 3 is 2.45 bits per heavy atom. The highest BCUT2D eigenvalue weighted by atomic mass is 16.4. The molecular formula is C18H25NO3. The molecule has 1 aliphatic rings. The van der Waals surface area contributed by atoms with Crippen LogP contribution in [-0.2, 0) is 16.0 Å². The van der Waals surface area contributed by atoms with Gasteiger partial charge in [0.1, 0.15) is 6.04 Å². The monoisotopic (exact) mass is 303 g/mol. The van der Waals surface area contributed by atoms with E-state index in [-0.39, 0.29) is 5.91 Å². The summed E-state index contributed by atoms with van der Waals surface area (Å²) in [6.07, 6.45) is 3.44. The Balaban J connectivity index is 1.91. The quantitative estimate of drug-likeness (QED) is 0.909. The molecule has 1 saturated heterocycles. The van der Waals surface area contributed by atoms with Gasteiger partial charge in [-0.3, -0.25) is 4.79 Å². The normalized spacial score (nSPS) is 17.8. The molecule has 1 heterocycles. The maximum Gasteiger partial charge on any atom is 0.326 e. The van der Waals surface area contributed by atoms with E-state index in [1.54, 1.807) is 0 Å². The molecule has 0 aromatic heterocycles. The van der Waals surface area contributed by atoms with Gasteiger partial charge in [-0.2, -0.15) is 0 Å². The molecule has 1 aromatic rings. The van der Waals surface area contributed by atoms with E-state index in [4.69, 9.17) is 5.11 Å². The lowest BCUT2D eigenvalue weighted by Crippen LogP contribution is -2.40. The SMILES string of the molecule is Cc1cc(C)c(CCCC(=O)N2CCCC2C(=O)O)c(C)c1. The number of carbonyl (C=O) groups is 2. The number of aliphatic carboxylic acids is 1. The Morgan fingerprint density at radius 2 is 1.86 bits per heavy atom. The van der Waals surface area contributed by atoms with Crippen LogP contribution >= 0.6 is 0 Å². The number of aryl methyl sites for hydroxylation is 3. The van der Waals surface area contributed by atoms with E-state index in [0.717, 1.165) is 19.3 Å². The van der Waals surface area contributed by atoms with E-state index in [1.807, 2.05) is 0 Å². The molecule has 0 saturated carbocycles. The number of carboxylic acid groups (broad SMARTS) is 1. The summed E-state index contributed by atoms with van der Waals surface area (Å²) in [5.41, 5.74) is 5.12. The number of nitrogens with zero attached hydrogens (tertiary/aromatic N) is 1. The zero-order valence-corrected chi connectivity index (χ0v) is 13.7. The van der Waals surface area contributed by atoms with Crippen LogP contribution in [-0.4, -0.2) is 34.5 Å². The number of hydrogen-bond acceptors (Lipinski definition) is 2. The highest BCUT2D eigenvalue weighted by molar-refractivity contribution is 5.84. The largest absolute Gasteiger partial charge is 0.480 e. The zero-order valence-electron chi connectivity index (χ0n) is 13.7. The van der Waals surface area contributed by atoms with Gasteiger partial charge in [0.05, 0.1) is 0 Å². The lowest BCUT2D eigenvalue weighted by Gasteiger charge is -2.21. The third-order valence-corrected chi connectivity index (χ3v) is 4.52. The summed E-state index contributed by atoms with van der Waals surface area (Å²) in [5, 5.41) is 9.14. The number of rotatable bonds is 5. The van der Waals surface area contributed by atoms with Gasteiger partial charge in [-0.1, -0.05) is 17.7 Å². The van der Waals surface area contributed by atoms with Crippen LogP contribution in [0.15, 0.2) is 12.1 Å². The molecule has 22 heavy (non-hydrogen) atoms. The first-order chi connectivity index (χ1) is 10.4. The minimum absolute atomic E-state index is 0.0210. The van der Waals surface area contributed by atoms with Crippen LogP contribution in [0.25, 0.3) is 0 Å². The second-order valence-electron chi connectivity index (χ2n) is 6.31. The Labute approximate surface area is 132 Å². The summed E-state index contributed by atoms with van der Waals surface area (Å²) in [5.74, 6) is -0.900. The molecule has 1 N–H and O–H groups in total. The van der Waals surface area contributed by atoms with Crippen LogP contribution < -0.4 is 0 Å². The summed E-state index contributed by atoms with van der Waals surface area (Å²) >= 11 is 0. The minimum atomic E-state index is -0.879. The first kappa shape index (κ1) is 16.5. The van der Waals surface area contributed by atoms with Crippen molar-refractivity contribution in [3.8, 4) is 0 Å². The van der Waals surface area contributed by atoms with Gasteiger partial charge < -0.3 is 10.0 Å². The molecule has 1 aromatic carbocycles. The van der Waals surface area contributed by atoms with Crippen LogP contribution in [0.3, 0.4) is 0 Å². The number of carboxylic acids is 1. The van der Waals surface area contributed by atoms with Crippen molar-refractivity contribution in [1.29, 1.82) is 0 Å². The second kappa shape index (κ2) is 6.95. The van der Waals surface area contributed by atoms with Crippen molar-refractivity contribution in [2.75, 3.05) is 6.54 Å².